The summed E-state index contributed by atoms with van der Waals surface area (Å²) >= 11 is 0. The van der Waals surface area contributed by atoms with Gasteiger partial charge in [0.05, 0.1) is 12.5 Å². The van der Waals surface area contributed by atoms with Crippen LogP contribution in [0.25, 0.3) is 0 Å². The molecule has 0 saturated carbocycles. The second kappa shape index (κ2) is 6.13. The van der Waals surface area contributed by atoms with Gasteiger partial charge in [-0.05, 0) is 29.7 Å². The number of para-hydroxylation sites is 1. The molecule has 86 valence electrons. The first-order chi connectivity index (χ1) is 8.90. The number of nitriles is 1. The zero-order valence-corrected chi connectivity index (χ0v) is 9.76. The first-order valence-corrected chi connectivity index (χ1v) is 5.58. The smallest absolute Gasteiger partial charge is 0.140 e. The number of rotatable bonds is 2. The molecule has 0 aromatic heterocycles. The Labute approximate surface area is 106 Å². The molecule has 0 bridgehead atoms. The summed E-state index contributed by atoms with van der Waals surface area (Å²) in [7, 11) is 0. The third-order valence-electron chi connectivity index (χ3n) is 2.38. The van der Waals surface area contributed by atoms with Crippen molar-refractivity contribution < 1.29 is 4.74 Å². The molecule has 2 rings (SSSR count). The van der Waals surface area contributed by atoms with E-state index in [1.807, 2.05) is 54.6 Å². The molecule has 0 unspecified atom stereocenters. The van der Waals surface area contributed by atoms with E-state index in [1.54, 1.807) is 0 Å². The summed E-state index contributed by atoms with van der Waals surface area (Å²) in [5.74, 6) is 3.63. The van der Waals surface area contributed by atoms with Crippen molar-refractivity contribution in [2.24, 2.45) is 0 Å². The van der Waals surface area contributed by atoms with Crippen LogP contribution < -0.4 is 4.74 Å². The van der Waals surface area contributed by atoms with Crippen LogP contribution in [0.4, 0.5) is 0 Å². The lowest BCUT2D eigenvalue weighted by Gasteiger charge is -1.98. The maximum Gasteiger partial charge on any atom is 0.140 e. The highest BCUT2D eigenvalue weighted by Gasteiger charge is 1.97. The highest BCUT2D eigenvalue weighted by Crippen LogP contribution is 2.09. The van der Waals surface area contributed by atoms with Gasteiger partial charge < -0.3 is 4.74 Å². The minimum Gasteiger partial charge on any atom is -0.407 e. The Hall–Kier alpha value is -2.71. The summed E-state index contributed by atoms with van der Waals surface area (Å²) in [6.45, 7) is 0. The van der Waals surface area contributed by atoms with Crippen LogP contribution in [0.2, 0.25) is 0 Å². The second-order valence-corrected chi connectivity index (χ2v) is 3.63. The molecule has 2 aromatic rings. The standard InChI is InChI=1S/C16H11NO/c17-12-10-14-6-4-5-7-15(14)11-13-18-16-8-2-1-3-9-16/h1-9H,10H2. The van der Waals surface area contributed by atoms with Crippen molar-refractivity contribution >= 4 is 0 Å². The number of hydrogen-bond donors (Lipinski definition) is 0. The van der Waals surface area contributed by atoms with Crippen molar-refractivity contribution in [2.45, 2.75) is 6.42 Å². The van der Waals surface area contributed by atoms with Gasteiger partial charge in [-0.25, -0.2) is 0 Å². The minimum atomic E-state index is 0.357. The van der Waals surface area contributed by atoms with E-state index in [1.165, 1.54) is 0 Å². The fourth-order valence-corrected chi connectivity index (χ4v) is 1.51. The predicted octanol–water partition coefficient (Wildman–Crippen LogP) is 3.14. The maximum absolute atomic E-state index is 8.72. The molecule has 0 amide bonds. The number of ether oxygens (including phenoxy) is 1. The average Bonchev–Trinajstić information content (AvgIpc) is 2.42. The predicted molar refractivity (Wildman–Crippen MR) is 69.7 cm³/mol. The molecule has 0 aliphatic rings. The van der Waals surface area contributed by atoms with Gasteiger partial charge in [0, 0.05) is 5.56 Å². The lowest BCUT2D eigenvalue weighted by molar-refractivity contribution is 0.520. The normalized spacial score (nSPS) is 8.83. The van der Waals surface area contributed by atoms with Crippen LogP contribution >= 0.6 is 0 Å². The van der Waals surface area contributed by atoms with Crippen molar-refractivity contribution in [1.82, 2.24) is 0 Å². The molecular formula is C16H11NO. The summed E-state index contributed by atoms with van der Waals surface area (Å²) in [5.41, 5.74) is 1.75. The Kier molecular flexibility index (Phi) is 4.01. The summed E-state index contributed by atoms with van der Waals surface area (Å²) in [6.07, 6.45) is 3.01. The highest BCUT2D eigenvalue weighted by atomic mass is 16.5. The van der Waals surface area contributed by atoms with Crippen LogP contribution in [-0.4, -0.2) is 0 Å². The molecule has 0 radical (unpaired) electrons. The Balaban J connectivity index is 2.13. The molecule has 18 heavy (non-hydrogen) atoms. The molecule has 2 heteroatoms. The van der Waals surface area contributed by atoms with E-state index in [-0.39, 0.29) is 0 Å². The molecule has 0 spiro atoms. The van der Waals surface area contributed by atoms with E-state index in [0.717, 1.165) is 11.1 Å². The maximum atomic E-state index is 8.72. The monoisotopic (exact) mass is 233 g/mol. The Bertz CT molecular complexity index is 615. The Morgan fingerprint density at radius 2 is 1.67 bits per heavy atom. The van der Waals surface area contributed by atoms with Crippen molar-refractivity contribution in [3.8, 4) is 23.8 Å². The van der Waals surface area contributed by atoms with Crippen LogP contribution in [0, 0.1) is 23.4 Å². The van der Waals surface area contributed by atoms with Gasteiger partial charge in [0.2, 0.25) is 0 Å². The highest BCUT2D eigenvalue weighted by molar-refractivity contribution is 5.42. The first kappa shape index (κ1) is 11.8. The molecule has 0 heterocycles. The fraction of sp³-hybridized carbons (Fsp3) is 0.0625. The lowest BCUT2D eigenvalue weighted by Crippen LogP contribution is -1.88. The molecule has 0 saturated heterocycles. The SMILES string of the molecule is N#CCc1ccccc1C#COc1ccccc1. The molecule has 0 aliphatic heterocycles. The molecule has 0 N–H and O–H groups in total. The summed E-state index contributed by atoms with van der Waals surface area (Å²) in [4.78, 5) is 0. The van der Waals surface area contributed by atoms with Crippen LogP contribution in [0.15, 0.2) is 54.6 Å². The lowest BCUT2D eigenvalue weighted by atomic mass is 10.1. The van der Waals surface area contributed by atoms with E-state index < -0.39 is 0 Å². The van der Waals surface area contributed by atoms with Gasteiger partial charge in [-0.15, -0.1) is 0 Å². The van der Waals surface area contributed by atoms with Crippen molar-refractivity contribution in [3.05, 3.63) is 65.7 Å². The van der Waals surface area contributed by atoms with E-state index in [9.17, 15) is 0 Å². The second-order valence-electron chi connectivity index (χ2n) is 3.63. The molecular weight excluding hydrogens is 222 g/mol. The van der Waals surface area contributed by atoms with E-state index in [2.05, 4.69) is 18.1 Å². The fourth-order valence-electron chi connectivity index (χ4n) is 1.51. The first-order valence-electron chi connectivity index (χ1n) is 5.58. The van der Waals surface area contributed by atoms with Gasteiger partial charge in [-0.3, -0.25) is 0 Å². The van der Waals surface area contributed by atoms with Crippen LogP contribution in [0.3, 0.4) is 0 Å². The van der Waals surface area contributed by atoms with Gasteiger partial charge in [0.1, 0.15) is 11.9 Å². The summed E-state index contributed by atoms with van der Waals surface area (Å²) in [6, 6.07) is 19.1. The van der Waals surface area contributed by atoms with Crippen molar-refractivity contribution in [3.63, 3.8) is 0 Å². The van der Waals surface area contributed by atoms with Gasteiger partial charge in [-0.2, -0.15) is 5.26 Å². The quantitative estimate of drug-likeness (QED) is 0.746. The average molecular weight is 233 g/mol. The zero-order valence-electron chi connectivity index (χ0n) is 9.76. The van der Waals surface area contributed by atoms with Crippen LogP contribution in [-0.2, 0) is 6.42 Å². The van der Waals surface area contributed by atoms with Crippen molar-refractivity contribution in [2.75, 3.05) is 0 Å². The minimum absolute atomic E-state index is 0.357. The third-order valence-corrected chi connectivity index (χ3v) is 2.38. The summed E-state index contributed by atoms with van der Waals surface area (Å²) < 4.78 is 5.30. The van der Waals surface area contributed by atoms with E-state index >= 15 is 0 Å². The number of nitrogens with zero attached hydrogens (tertiary/aromatic N) is 1. The van der Waals surface area contributed by atoms with Crippen molar-refractivity contribution in [1.29, 1.82) is 5.26 Å². The zero-order chi connectivity index (χ0) is 12.6. The van der Waals surface area contributed by atoms with Crippen LogP contribution in [0.1, 0.15) is 11.1 Å². The Morgan fingerprint density at radius 1 is 0.944 bits per heavy atom. The molecule has 0 fully saturated rings. The van der Waals surface area contributed by atoms with Gasteiger partial charge in [0.25, 0.3) is 0 Å². The largest absolute Gasteiger partial charge is 0.407 e. The van der Waals surface area contributed by atoms with Gasteiger partial charge in [0.15, 0.2) is 0 Å². The molecule has 2 nitrogen and oxygen atoms in total. The molecule has 0 aliphatic carbocycles. The van der Waals surface area contributed by atoms with Gasteiger partial charge in [-0.1, -0.05) is 36.4 Å². The number of benzene rings is 2. The topological polar surface area (TPSA) is 33.0 Å². The van der Waals surface area contributed by atoms with Gasteiger partial charge >= 0.3 is 0 Å². The molecule has 2 aromatic carbocycles. The summed E-state index contributed by atoms with van der Waals surface area (Å²) in [5, 5.41) is 8.72. The molecule has 0 atom stereocenters. The Morgan fingerprint density at radius 3 is 2.44 bits per heavy atom. The number of hydrogen-bond acceptors (Lipinski definition) is 2. The van der Waals surface area contributed by atoms with Crippen LogP contribution in [0.5, 0.6) is 5.75 Å². The van der Waals surface area contributed by atoms with E-state index in [4.69, 9.17) is 10.00 Å². The third kappa shape index (κ3) is 3.14. The van der Waals surface area contributed by atoms with E-state index in [0.29, 0.717) is 12.2 Å².